The number of thioether (sulfide) groups is 1. The van der Waals surface area contributed by atoms with Crippen molar-refractivity contribution in [2.24, 2.45) is 17.4 Å². The van der Waals surface area contributed by atoms with Crippen molar-refractivity contribution in [2.45, 2.75) is 203 Å². The Balaban J connectivity index is 1.16. The summed E-state index contributed by atoms with van der Waals surface area (Å²) >= 11 is 0.763. The number of rotatable bonds is 23. The quantitative estimate of drug-likeness (QED) is 0.0318. The number of imidazole rings is 1. The van der Waals surface area contributed by atoms with Gasteiger partial charge < -0.3 is 114 Å². The zero-order chi connectivity index (χ0) is 92.9. The van der Waals surface area contributed by atoms with E-state index < -0.39 is 223 Å². The average Bonchev–Trinajstić information content (AvgIpc) is 1.73. The summed E-state index contributed by atoms with van der Waals surface area (Å²) in [6.07, 6.45) is 6.08. The fraction of sp³-hybridized carbons (Fsp3) is 0.512. The van der Waals surface area contributed by atoms with E-state index in [4.69, 9.17) is 11.5 Å². The van der Waals surface area contributed by atoms with Crippen molar-refractivity contribution in [3.8, 4) is 0 Å². The largest absolute Gasteiger partial charge is 0.394 e. The molecule has 0 spiro atoms. The van der Waals surface area contributed by atoms with Crippen LogP contribution in [0.15, 0.2) is 104 Å². The highest BCUT2D eigenvalue weighted by molar-refractivity contribution is 8.00. The minimum Gasteiger partial charge on any atom is -0.394 e. The maximum absolute atomic E-state index is 15.6. The Labute approximate surface area is 738 Å². The van der Waals surface area contributed by atoms with Crippen LogP contribution in [-0.4, -0.2) is 306 Å². The average molecular weight is 1780 g/mol. The second-order valence-electron chi connectivity index (χ2n) is 32.4. The molecule has 6 aromatic rings. The molecule has 0 saturated carbocycles. The fourth-order valence-electron chi connectivity index (χ4n) is 15.2. The lowest BCUT2D eigenvalue weighted by atomic mass is 10.00. The molecule has 0 unspecified atom stereocenters. The fourth-order valence-corrected chi connectivity index (χ4v) is 16.0. The Hall–Kier alpha value is -12.8. The number of amides is 17. The number of carbonyl (C=O) groups excluding carboxylic acids is 17. The molecule has 2 saturated heterocycles. The number of unbranched alkanes of at least 4 members (excludes halogenated alkanes) is 2. The number of aromatic nitrogens is 4. The van der Waals surface area contributed by atoms with Gasteiger partial charge in [0.1, 0.15) is 78.5 Å². The zero-order valence-corrected chi connectivity index (χ0v) is 73.6. The van der Waals surface area contributed by atoms with Crippen molar-refractivity contribution < 1.29 is 91.7 Å². The highest BCUT2D eigenvalue weighted by Crippen LogP contribution is 2.26. The molecule has 40 nitrogen and oxygen atoms in total. The summed E-state index contributed by atoms with van der Waals surface area (Å²) in [6.45, 7) is 4.79. The van der Waals surface area contributed by atoms with Gasteiger partial charge in [-0.25, -0.2) is 4.98 Å². The molecule has 0 radical (unpaired) electrons. The second kappa shape index (κ2) is 48.1. The lowest BCUT2D eigenvalue weighted by molar-refractivity contribution is -0.149. The number of H-pyrrole nitrogens is 3. The molecule has 0 bridgehead atoms. The molecule has 127 heavy (non-hydrogen) atoms. The standard InChI is InChI=1S/C86H119N21O19S/c1-10-12-28-67-80(120)101-65(44-109)79(119)102-66(75(115)92-41-71(88)111)45-127-46-73(113)95-61(33-50-22-15-14-16-23-50)83(123)104(7)49(5)74(114)97-63(37-70(87)110)85(125)107-31-21-30-68(107)81(121)96-59(36-53-40-89-47-93-53)77(117)98-60(32-48(3)4)82(122)103(6)42-72(112)94-58(34-51-38-90-56-26-19-17-24-54(51)56)76(116)100-64(43-108)78(118)99-62(35-52-39-91-57-27-20-18-25-55(52)57)84(124)106(9)69(29-13-11-2)86(126)105(67)8/h14-20,22-27,38-40,47-49,58-69,90-91,108-109H,10-13,21,28-37,41-46H2,1-9H3,(H2,87,110)(H2,88,111)(H,89,93)(H,92,115)(H,94,112)(H,95,113)(H,96,121)(H,97,114)(H,98,117)(H,99,118)(H,100,116)(H,101,120)(H,102,119)/t49-,58-,59-,60-,61-,62-,63-,64-,65-,66-,67-,68-,69-/m0/s1. The molecule has 8 rings (SSSR count). The molecular weight excluding hydrogens is 1660 g/mol. The van der Waals surface area contributed by atoms with Gasteiger partial charge in [0.15, 0.2) is 0 Å². The molecular formula is C86H119N21O19S. The number of nitrogens with two attached hydrogens (primary N) is 2. The van der Waals surface area contributed by atoms with Crippen molar-refractivity contribution in [3.63, 3.8) is 0 Å². The van der Waals surface area contributed by atoms with E-state index in [1.165, 1.54) is 47.6 Å². The minimum atomic E-state index is -1.85. The number of hydrogen-bond acceptors (Lipinski definition) is 21. The molecule has 3 aromatic heterocycles. The highest BCUT2D eigenvalue weighted by atomic mass is 32.2. The van der Waals surface area contributed by atoms with Crippen LogP contribution in [0.4, 0.5) is 0 Å². The summed E-state index contributed by atoms with van der Waals surface area (Å²) in [6, 6.07) is 2.49. The second-order valence-corrected chi connectivity index (χ2v) is 33.4. The number of likely N-dealkylation sites (N-methyl/N-ethyl adjacent to an activating group) is 4. The van der Waals surface area contributed by atoms with Gasteiger partial charge in [-0.05, 0) is 73.8 Å². The number of aliphatic hydroxyl groups excluding tert-OH is 2. The van der Waals surface area contributed by atoms with Crippen LogP contribution in [-0.2, 0) is 107 Å². The molecule has 2 aliphatic rings. The Morgan fingerprint density at radius 3 is 1.62 bits per heavy atom. The first-order valence-electron chi connectivity index (χ1n) is 42.4. The van der Waals surface area contributed by atoms with Crippen molar-refractivity contribution >= 4 is 134 Å². The van der Waals surface area contributed by atoms with Crippen LogP contribution >= 0.6 is 11.8 Å². The Morgan fingerprint density at radius 1 is 0.528 bits per heavy atom. The monoisotopic (exact) mass is 1780 g/mol. The third-order valence-corrected chi connectivity index (χ3v) is 23.4. The number of fused-ring (bicyclic) bond motifs is 3. The summed E-state index contributed by atoms with van der Waals surface area (Å²) < 4.78 is 0. The van der Waals surface area contributed by atoms with Gasteiger partial charge >= 0.3 is 0 Å². The van der Waals surface area contributed by atoms with Gasteiger partial charge in [0, 0.05) is 112 Å². The molecule has 3 aromatic carbocycles. The molecule has 17 amide bonds. The van der Waals surface area contributed by atoms with Gasteiger partial charge in [-0.1, -0.05) is 120 Å². The Bertz CT molecular complexity index is 4870. The van der Waals surface area contributed by atoms with E-state index >= 15 is 14.4 Å². The molecule has 19 N–H and O–H groups in total. The van der Waals surface area contributed by atoms with Crippen LogP contribution in [0.5, 0.6) is 0 Å². The summed E-state index contributed by atoms with van der Waals surface area (Å²) in [5.41, 5.74) is 14.3. The lowest BCUT2D eigenvalue weighted by Gasteiger charge is -2.36. The maximum atomic E-state index is 15.6. The molecule has 2 aliphatic heterocycles. The highest BCUT2D eigenvalue weighted by Gasteiger charge is 2.44. The summed E-state index contributed by atoms with van der Waals surface area (Å²) in [5, 5.41) is 49.1. The van der Waals surface area contributed by atoms with Crippen molar-refractivity contribution in [1.82, 2.24) is 97.6 Å². The van der Waals surface area contributed by atoms with Gasteiger partial charge in [0.2, 0.25) is 100 Å². The van der Waals surface area contributed by atoms with E-state index in [1.54, 1.807) is 105 Å². The van der Waals surface area contributed by atoms with Crippen LogP contribution in [0.2, 0.25) is 0 Å². The van der Waals surface area contributed by atoms with E-state index in [0.717, 1.165) is 36.3 Å². The van der Waals surface area contributed by atoms with Crippen molar-refractivity contribution in [2.75, 3.05) is 72.5 Å². The predicted octanol–water partition coefficient (Wildman–Crippen LogP) is -2.41. The van der Waals surface area contributed by atoms with E-state index in [1.807, 2.05) is 13.8 Å². The Kier molecular flexibility index (Phi) is 37.7. The number of nitrogens with one attached hydrogen (secondary N) is 13. The molecule has 2 fully saturated rings. The van der Waals surface area contributed by atoms with Crippen molar-refractivity contribution in [3.05, 3.63) is 126 Å². The summed E-state index contributed by atoms with van der Waals surface area (Å²) in [5.74, 6) is -17.1. The van der Waals surface area contributed by atoms with E-state index in [-0.39, 0.29) is 70.3 Å². The summed E-state index contributed by atoms with van der Waals surface area (Å²) in [4.78, 5) is 265. The van der Waals surface area contributed by atoms with Crippen LogP contribution < -0.4 is 64.6 Å². The number of aromatic amines is 3. The number of aliphatic hydroxyl groups is 2. The molecule has 688 valence electrons. The third kappa shape index (κ3) is 28.1. The molecule has 5 heterocycles. The number of carbonyl (C=O) groups is 17. The number of hydrogen-bond donors (Lipinski definition) is 17. The van der Waals surface area contributed by atoms with Gasteiger partial charge in [0.25, 0.3) is 0 Å². The van der Waals surface area contributed by atoms with Crippen LogP contribution in [0.25, 0.3) is 21.8 Å². The van der Waals surface area contributed by atoms with Crippen molar-refractivity contribution in [1.29, 1.82) is 0 Å². The summed E-state index contributed by atoms with van der Waals surface area (Å²) in [7, 11) is 5.18. The number of primary amides is 2. The maximum Gasteiger partial charge on any atom is 0.246 e. The van der Waals surface area contributed by atoms with Crippen LogP contribution in [0.1, 0.15) is 121 Å². The third-order valence-electron chi connectivity index (χ3n) is 22.3. The van der Waals surface area contributed by atoms with Gasteiger partial charge in [-0.2, -0.15) is 0 Å². The van der Waals surface area contributed by atoms with Crippen LogP contribution in [0, 0.1) is 5.92 Å². The predicted molar refractivity (Wildman–Crippen MR) is 468 cm³/mol. The number of benzene rings is 3. The Morgan fingerprint density at radius 2 is 1.04 bits per heavy atom. The van der Waals surface area contributed by atoms with E-state index in [0.29, 0.717) is 69.9 Å². The first-order valence-corrected chi connectivity index (χ1v) is 43.5. The van der Waals surface area contributed by atoms with Gasteiger partial charge in [-0.15, -0.1) is 11.8 Å². The SMILES string of the molecule is CCCC[C@H]1C(=O)N(C)[C@@H](CCCC)C(=O)N[C@@H](CO)C(=O)N[C@H](C(=O)NCC(N)=O)CSCC(=O)N[C@@H](Cc2ccccc2)C(=O)N(C)[C@@H](C)C(=O)N[C@@H](CC(N)=O)C(=O)N2CCC[C@H]2C(=O)N[C@@H](Cc2cnc[nH]2)C(=O)N[C@@H](CC(C)C)C(=O)N(C)CC(=O)N[C@@H](Cc2c[nH]c3ccccc23)C(=O)N[C@@H](CO)C(=O)N[C@@H](Cc2c[nH]c3ccccc23)C(=O)N1C. The zero-order valence-electron chi connectivity index (χ0n) is 72.8. The smallest absolute Gasteiger partial charge is 0.246 e. The topological polar surface area (TPSA) is 579 Å². The first-order chi connectivity index (χ1) is 60.6. The first kappa shape index (κ1) is 99.6. The molecule has 0 aliphatic carbocycles. The lowest BCUT2D eigenvalue weighted by Crippen LogP contribution is -2.61. The van der Waals surface area contributed by atoms with E-state index in [2.05, 4.69) is 73.1 Å². The molecule has 13 atom stereocenters. The number of para-hydroxylation sites is 2. The van der Waals surface area contributed by atoms with Gasteiger partial charge in [-0.3, -0.25) is 81.5 Å². The minimum absolute atomic E-state index is 0.000328. The molecule has 41 heteroatoms. The van der Waals surface area contributed by atoms with Crippen LogP contribution in [0.3, 0.4) is 0 Å². The van der Waals surface area contributed by atoms with Gasteiger partial charge in [0.05, 0.1) is 44.8 Å². The van der Waals surface area contributed by atoms with E-state index in [9.17, 15) is 77.3 Å². The number of nitrogens with zero attached hydrogens (tertiary/aromatic N) is 6. The normalized spacial score (nSPS) is 24.0.